The minimum atomic E-state index is 0.0819. The number of carbonyl (C=O) groups is 1. The molecule has 4 nitrogen and oxygen atoms in total. The predicted octanol–water partition coefficient (Wildman–Crippen LogP) is 0.0588. The van der Waals surface area contributed by atoms with E-state index in [4.69, 9.17) is 4.74 Å². The first-order valence-electron chi connectivity index (χ1n) is 5.52. The van der Waals surface area contributed by atoms with Gasteiger partial charge >= 0.3 is 0 Å². The summed E-state index contributed by atoms with van der Waals surface area (Å²) in [5, 5.41) is 6.11. The van der Waals surface area contributed by atoms with Crippen LogP contribution < -0.4 is 10.6 Å². The Balaban J connectivity index is 1.76. The molecule has 0 aliphatic carbocycles. The summed E-state index contributed by atoms with van der Waals surface area (Å²) in [4.78, 5) is 11.7. The third kappa shape index (κ3) is 2.58. The van der Waals surface area contributed by atoms with Crippen LogP contribution in [0.15, 0.2) is 11.1 Å². The highest BCUT2D eigenvalue weighted by Gasteiger charge is 2.19. The fourth-order valence-electron chi connectivity index (χ4n) is 1.79. The minimum absolute atomic E-state index is 0.0819. The molecular formula is C11H18N2O2. The van der Waals surface area contributed by atoms with Crippen LogP contribution in [0.25, 0.3) is 0 Å². The highest BCUT2D eigenvalue weighted by atomic mass is 16.5. The zero-order chi connectivity index (χ0) is 10.7. The van der Waals surface area contributed by atoms with Gasteiger partial charge in [0.25, 0.3) is 0 Å². The standard InChI is InChI=1S/C11H18N2O2/c1-8(10-5-12-6-10)11(14)13-4-9-2-3-15-7-9/h9,12H,2-7H2,1H3,(H,13,14). The zero-order valence-electron chi connectivity index (χ0n) is 9.14. The summed E-state index contributed by atoms with van der Waals surface area (Å²) in [6.45, 7) is 6.01. The summed E-state index contributed by atoms with van der Waals surface area (Å²) < 4.78 is 5.26. The third-order valence-electron chi connectivity index (χ3n) is 3.12. The number of carbonyl (C=O) groups excluding carboxylic acids is 1. The van der Waals surface area contributed by atoms with Crippen LogP contribution >= 0.6 is 0 Å². The first kappa shape index (κ1) is 10.6. The van der Waals surface area contributed by atoms with Gasteiger partial charge in [-0.25, -0.2) is 0 Å². The average Bonchev–Trinajstić information content (AvgIpc) is 2.63. The van der Waals surface area contributed by atoms with Gasteiger partial charge in [0.1, 0.15) is 0 Å². The smallest absolute Gasteiger partial charge is 0.246 e. The molecule has 0 saturated carbocycles. The van der Waals surface area contributed by atoms with Gasteiger partial charge in [-0.1, -0.05) is 0 Å². The molecule has 1 unspecified atom stereocenters. The monoisotopic (exact) mass is 210 g/mol. The number of hydrogen-bond acceptors (Lipinski definition) is 3. The van der Waals surface area contributed by atoms with Crippen LogP contribution in [0.1, 0.15) is 13.3 Å². The van der Waals surface area contributed by atoms with E-state index in [1.165, 1.54) is 5.57 Å². The Bertz CT molecular complexity index is 274. The lowest BCUT2D eigenvalue weighted by Crippen LogP contribution is -2.38. The molecule has 15 heavy (non-hydrogen) atoms. The van der Waals surface area contributed by atoms with Crippen LogP contribution in [0.3, 0.4) is 0 Å². The maximum atomic E-state index is 11.7. The Morgan fingerprint density at radius 3 is 2.93 bits per heavy atom. The van der Waals surface area contributed by atoms with Gasteiger partial charge in [-0.2, -0.15) is 0 Å². The Hall–Kier alpha value is -0.870. The Labute approximate surface area is 90.1 Å². The van der Waals surface area contributed by atoms with Crippen molar-refractivity contribution < 1.29 is 9.53 Å². The van der Waals surface area contributed by atoms with Crippen LogP contribution in [-0.4, -0.2) is 38.8 Å². The number of hydrogen-bond donors (Lipinski definition) is 2. The van der Waals surface area contributed by atoms with E-state index in [0.717, 1.165) is 44.8 Å². The summed E-state index contributed by atoms with van der Waals surface area (Å²) in [6.07, 6.45) is 1.07. The molecule has 4 heteroatoms. The van der Waals surface area contributed by atoms with Crippen molar-refractivity contribution in [1.29, 1.82) is 0 Å². The average molecular weight is 210 g/mol. The molecule has 2 fully saturated rings. The van der Waals surface area contributed by atoms with Crippen molar-refractivity contribution in [2.24, 2.45) is 5.92 Å². The van der Waals surface area contributed by atoms with Gasteiger partial charge < -0.3 is 15.4 Å². The van der Waals surface area contributed by atoms with E-state index in [1.54, 1.807) is 0 Å². The van der Waals surface area contributed by atoms with Crippen molar-refractivity contribution in [3.05, 3.63) is 11.1 Å². The molecule has 0 radical (unpaired) electrons. The molecule has 1 atom stereocenters. The summed E-state index contributed by atoms with van der Waals surface area (Å²) in [6, 6.07) is 0. The zero-order valence-corrected chi connectivity index (χ0v) is 9.14. The maximum absolute atomic E-state index is 11.7. The predicted molar refractivity (Wildman–Crippen MR) is 57.5 cm³/mol. The molecule has 0 aromatic carbocycles. The largest absolute Gasteiger partial charge is 0.381 e. The van der Waals surface area contributed by atoms with Gasteiger partial charge in [0.15, 0.2) is 0 Å². The lowest BCUT2D eigenvalue weighted by molar-refractivity contribution is -0.117. The van der Waals surface area contributed by atoms with Crippen molar-refractivity contribution in [1.82, 2.24) is 10.6 Å². The van der Waals surface area contributed by atoms with Crippen molar-refractivity contribution in [2.75, 3.05) is 32.8 Å². The molecule has 2 aliphatic rings. The molecule has 0 aromatic heterocycles. The van der Waals surface area contributed by atoms with Gasteiger partial charge in [-0.3, -0.25) is 4.79 Å². The number of nitrogens with one attached hydrogen (secondary N) is 2. The molecule has 0 bridgehead atoms. The molecule has 2 rings (SSSR count). The summed E-state index contributed by atoms with van der Waals surface area (Å²) in [5.74, 6) is 0.588. The molecule has 2 heterocycles. The summed E-state index contributed by atoms with van der Waals surface area (Å²) in [5.41, 5.74) is 2.11. The fraction of sp³-hybridized carbons (Fsp3) is 0.727. The number of amides is 1. The molecule has 1 amide bonds. The second kappa shape index (κ2) is 4.77. The lowest BCUT2D eigenvalue weighted by atomic mass is 10.0. The van der Waals surface area contributed by atoms with Gasteiger partial charge in [-0.15, -0.1) is 0 Å². The van der Waals surface area contributed by atoms with E-state index in [2.05, 4.69) is 10.6 Å². The van der Waals surface area contributed by atoms with Crippen LogP contribution in [0.4, 0.5) is 0 Å². The van der Waals surface area contributed by atoms with E-state index in [0.29, 0.717) is 5.92 Å². The quantitative estimate of drug-likeness (QED) is 0.648. The first-order chi connectivity index (χ1) is 7.27. The Morgan fingerprint density at radius 1 is 1.60 bits per heavy atom. The van der Waals surface area contributed by atoms with Crippen LogP contribution in [-0.2, 0) is 9.53 Å². The second-order valence-corrected chi connectivity index (χ2v) is 4.27. The lowest BCUT2D eigenvalue weighted by Gasteiger charge is -2.21. The van der Waals surface area contributed by atoms with Crippen LogP contribution in [0, 0.1) is 5.92 Å². The van der Waals surface area contributed by atoms with Crippen molar-refractivity contribution in [2.45, 2.75) is 13.3 Å². The summed E-state index contributed by atoms with van der Waals surface area (Å²) >= 11 is 0. The van der Waals surface area contributed by atoms with E-state index >= 15 is 0 Å². The van der Waals surface area contributed by atoms with Gasteiger partial charge in [0.2, 0.25) is 5.91 Å². The molecular weight excluding hydrogens is 192 g/mol. The molecule has 0 spiro atoms. The Kier molecular flexibility index (Phi) is 3.38. The molecule has 84 valence electrons. The summed E-state index contributed by atoms with van der Waals surface area (Å²) in [7, 11) is 0. The molecule has 2 aliphatic heterocycles. The second-order valence-electron chi connectivity index (χ2n) is 4.27. The number of rotatable bonds is 3. The van der Waals surface area contributed by atoms with E-state index in [1.807, 2.05) is 6.92 Å². The number of ether oxygens (including phenoxy) is 1. The van der Waals surface area contributed by atoms with Crippen LogP contribution in [0.2, 0.25) is 0 Å². The SMILES string of the molecule is CC(C(=O)NCC1CCOC1)=C1CNC1. The third-order valence-corrected chi connectivity index (χ3v) is 3.12. The van der Waals surface area contributed by atoms with Gasteiger partial charge in [0, 0.05) is 37.7 Å². The van der Waals surface area contributed by atoms with Crippen molar-refractivity contribution >= 4 is 5.91 Å². The highest BCUT2D eigenvalue weighted by Crippen LogP contribution is 2.12. The van der Waals surface area contributed by atoms with Crippen LogP contribution in [0.5, 0.6) is 0 Å². The van der Waals surface area contributed by atoms with E-state index < -0.39 is 0 Å². The maximum Gasteiger partial charge on any atom is 0.246 e. The minimum Gasteiger partial charge on any atom is -0.381 e. The van der Waals surface area contributed by atoms with Crippen molar-refractivity contribution in [3.63, 3.8) is 0 Å². The van der Waals surface area contributed by atoms with Gasteiger partial charge in [0.05, 0.1) is 6.61 Å². The highest BCUT2D eigenvalue weighted by molar-refractivity contribution is 5.93. The normalized spacial score (nSPS) is 24.9. The molecule has 0 aromatic rings. The van der Waals surface area contributed by atoms with E-state index in [9.17, 15) is 4.79 Å². The Morgan fingerprint density at radius 2 is 2.40 bits per heavy atom. The van der Waals surface area contributed by atoms with Gasteiger partial charge in [-0.05, 0) is 18.9 Å². The topological polar surface area (TPSA) is 50.4 Å². The van der Waals surface area contributed by atoms with Crippen molar-refractivity contribution in [3.8, 4) is 0 Å². The molecule has 2 N–H and O–H groups in total. The molecule has 2 saturated heterocycles. The van der Waals surface area contributed by atoms with E-state index in [-0.39, 0.29) is 5.91 Å². The first-order valence-corrected chi connectivity index (χ1v) is 5.52. The fourth-order valence-corrected chi connectivity index (χ4v) is 1.79.